The van der Waals surface area contributed by atoms with Crippen molar-refractivity contribution in [2.24, 2.45) is 5.73 Å². The van der Waals surface area contributed by atoms with Crippen molar-refractivity contribution in [2.75, 3.05) is 6.61 Å². The van der Waals surface area contributed by atoms with E-state index >= 15 is 0 Å². The number of halogens is 1. The van der Waals surface area contributed by atoms with Crippen LogP contribution < -0.4 is 10.5 Å². The zero-order valence-corrected chi connectivity index (χ0v) is 11.3. The van der Waals surface area contributed by atoms with Gasteiger partial charge in [-0.05, 0) is 19.4 Å². The second-order valence-electron chi connectivity index (χ2n) is 4.10. The number of esters is 1. The summed E-state index contributed by atoms with van der Waals surface area (Å²) < 4.78 is 24.0. The molecule has 1 unspecified atom stereocenters. The first-order valence-corrected chi connectivity index (χ1v) is 6.44. The first kappa shape index (κ1) is 15.4. The predicted octanol–water partition coefficient (Wildman–Crippen LogP) is 2.40. The number of nitrogens with two attached hydrogens (primary N) is 1. The molecule has 0 aliphatic carbocycles. The molecule has 0 aliphatic heterocycles. The van der Waals surface area contributed by atoms with E-state index in [1.807, 2.05) is 6.92 Å². The zero-order valence-electron chi connectivity index (χ0n) is 11.3. The molecule has 1 atom stereocenters. The van der Waals surface area contributed by atoms with Crippen LogP contribution in [0.3, 0.4) is 0 Å². The second-order valence-corrected chi connectivity index (χ2v) is 4.10. The van der Waals surface area contributed by atoms with Crippen LogP contribution >= 0.6 is 0 Å². The van der Waals surface area contributed by atoms with E-state index in [9.17, 15) is 9.18 Å². The topological polar surface area (TPSA) is 61.5 Å². The van der Waals surface area contributed by atoms with Gasteiger partial charge in [-0.2, -0.15) is 0 Å². The Morgan fingerprint density at radius 1 is 1.42 bits per heavy atom. The standard InChI is InChI=1S/C14H20FNO3/c1-3-5-13(14(17)18-4-2)19-11-7-6-10(9-16)12(15)8-11/h6-8,13H,3-5,9,16H2,1-2H3. The fraction of sp³-hybridized carbons (Fsp3) is 0.500. The molecule has 0 aliphatic rings. The summed E-state index contributed by atoms with van der Waals surface area (Å²) in [6.45, 7) is 4.09. The Kier molecular flexibility index (Phi) is 6.29. The van der Waals surface area contributed by atoms with Crippen LogP contribution in [0.2, 0.25) is 0 Å². The van der Waals surface area contributed by atoms with Crippen LogP contribution in [0.1, 0.15) is 32.3 Å². The molecule has 0 bridgehead atoms. The third-order valence-corrected chi connectivity index (χ3v) is 2.62. The molecule has 0 aromatic heterocycles. The van der Waals surface area contributed by atoms with Crippen LogP contribution in [0.25, 0.3) is 0 Å². The number of rotatable bonds is 7. The Bertz CT molecular complexity index is 423. The number of ether oxygens (including phenoxy) is 2. The summed E-state index contributed by atoms with van der Waals surface area (Å²) in [5.41, 5.74) is 5.80. The Morgan fingerprint density at radius 3 is 2.68 bits per heavy atom. The molecule has 0 fully saturated rings. The highest BCUT2D eigenvalue weighted by molar-refractivity contribution is 5.75. The van der Waals surface area contributed by atoms with Gasteiger partial charge >= 0.3 is 5.97 Å². The molecule has 0 saturated heterocycles. The quantitative estimate of drug-likeness (QED) is 0.772. The summed E-state index contributed by atoms with van der Waals surface area (Å²) in [6, 6.07) is 4.40. The van der Waals surface area contributed by atoms with Crippen molar-refractivity contribution in [1.82, 2.24) is 0 Å². The molecule has 0 spiro atoms. The summed E-state index contributed by atoms with van der Waals surface area (Å²) in [5, 5.41) is 0. The minimum Gasteiger partial charge on any atom is -0.479 e. The van der Waals surface area contributed by atoms with Gasteiger partial charge in [-0.25, -0.2) is 9.18 Å². The van der Waals surface area contributed by atoms with Gasteiger partial charge in [0, 0.05) is 18.2 Å². The van der Waals surface area contributed by atoms with Gasteiger partial charge in [-0.15, -0.1) is 0 Å². The fourth-order valence-corrected chi connectivity index (χ4v) is 1.65. The first-order chi connectivity index (χ1) is 9.12. The average molecular weight is 269 g/mol. The van der Waals surface area contributed by atoms with Crippen LogP contribution in [-0.4, -0.2) is 18.7 Å². The summed E-state index contributed by atoms with van der Waals surface area (Å²) in [5.74, 6) is -0.548. The lowest BCUT2D eigenvalue weighted by molar-refractivity contribution is -0.151. The fourth-order valence-electron chi connectivity index (χ4n) is 1.65. The predicted molar refractivity (Wildman–Crippen MR) is 70.2 cm³/mol. The highest BCUT2D eigenvalue weighted by Gasteiger charge is 2.21. The number of benzene rings is 1. The van der Waals surface area contributed by atoms with Crippen molar-refractivity contribution in [3.63, 3.8) is 0 Å². The summed E-state index contributed by atoms with van der Waals surface area (Å²) in [7, 11) is 0. The van der Waals surface area contributed by atoms with Gasteiger partial charge in [0.15, 0.2) is 6.10 Å². The van der Waals surface area contributed by atoms with Gasteiger partial charge in [0.05, 0.1) is 6.61 Å². The molecule has 1 rings (SSSR count). The third kappa shape index (κ3) is 4.52. The van der Waals surface area contributed by atoms with E-state index in [-0.39, 0.29) is 6.54 Å². The summed E-state index contributed by atoms with van der Waals surface area (Å²) >= 11 is 0. The van der Waals surface area contributed by atoms with Crippen LogP contribution in [0.15, 0.2) is 18.2 Å². The Hall–Kier alpha value is -1.62. The molecule has 1 aromatic rings. The van der Waals surface area contributed by atoms with E-state index in [1.165, 1.54) is 6.07 Å². The largest absolute Gasteiger partial charge is 0.479 e. The van der Waals surface area contributed by atoms with E-state index in [2.05, 4.69) is 0 Å². The van der Waals surface area contributed by atoms with Gasteiger partial charge in [0.1, 0.15) is 11.6 Å². The maximum Gasteiger partial charge on any atom is 0.347 e. The highest BCUT2D eigenvalue weighted by Crippen LogP contribution is 2.19. The Balaban J connectivity index is 2.78. The van der Waals surface area contributed by atoms with Crippen molar-refractivity contribution in [3.05, 3.63) is 29.6 Å². The average Bonchev–Trinajstić information content (AvgIpc) is 2.39. The van der Waals surface area contributed by atoms with Crippen molar-refractivity contribution >= 4 is 5.97 Å². The lowest BCUT2D eigenvalue weighted by atomic mass is 10.2. The molecule has 0 amide bonds. The SMILES string of the molecule is CCCC(Oc1ccc(CN)c(F)c1)C(=O)OCC. The lowest BCUT2D eigenvalue weighted by Crippen LogP contribution is -2.29. The number of carbonyl (C=O) groups is 1. The third-order valence-electron chi connectivity index (χ3n) is 2.62. The van der Waals surface area contributed by atoms with E-state index in [0.29, 0.717) is 24.3 Å². The minimum atomic E-state index is -0.701. The summed E-state index contributed by atoms with van der Waals surface area (Å²) in [6.07, 6.45) is 0.597. The Labute approximate surface area is 112 Å². The van der Waals surface area contributed by atoms with Crippen molar-refractivity contribution in [2.45, 2.75) is 39.3 Å². The molecule has 0 heterocycles. The molecule has 0 radical (unpaired) electrons. The van der Waals surface area contributed by atoms with Gasteiger partial charge in [-0.1, -0.05) is 19.4 Å². The monoisotopic (exact) mass is 269 g/mol. The van der Waals surface area contributed by atoms with E-state index < -0.39 is 17.9 Å². The highest BCUT2D eigenvalue weighted by atomic mass is 19.1. The number of carbonyl (C=O) groups excluding carboxylic acids is 1. The number of hydrogen-bond acceptors (Lipinski definition) is 4. The molecule has 1 aromatic carbocycles. The van der Waals surface area contributed by atoms with Gasteiger partial charge in [-0.3, -0.25) is 0 Å². The van der Waals surface area contributed by atoms with Gasteiger partial charge < -0.3 is 15.2 Å². The normalized spacial score (nSPS) is 12.0. The molecule has 0 saturated carbocycles. The number of hydrogen-bond donors (Lipinski definition) is 1. The molecule has 19 heavy (non-hydrogen) atoms. The first-order valence-electron chi connectivity index (χ1n) is 6.44. The van der Waals surface area contributed by atoms with Crippen molar-refractivity contribution < 1.29 is 18.7 Å². The van der Waals surface area contributed by atoms with Gasteiger partial charge in [0.25, 0.3) is 0 Å². The van der Waals surface area contributed by atoms with Crippen LogP contribution in [0.4, 0.5) is 4.39 Å². The second kappa shape index (κ2) is 7.74. The molecular weight excluding hydrogens is 249 g/mol. The van der Waals surface area contributed by atoms with Crippen molar-refractivity contribution in [3.8, 4) is 5.75 Å². The molecule has 106 valence electrons. The van der Waals surface area contributed by atoms with E-state index in [1.54, 1.807) is 19.1 Å². The van der Waals surface area contributed by atoms with E-state index in [0.717, 1.165) is 6.42 Å². The summed E-state index contributed by atoms with van der Waals surface area (Å²) in [4.78, 5) is 11.7. The zero-order chi connectivity index (χ0) is 14.3. The molecule has 5 heteroatoms. The van der Waals surface area contributed by atoms with Gasteiger partial charge in [0.2, 0.25) is 0 Å². The minimum absolute atomic E-state index is 0.127. The smallest absolute Gasteiger partial charge is 0.347 e. The van der Waals surface area contributed by atoms with Crippen LogP contribution in [0, 0.1) is 5.82 Å². The maximum absolute atomic E-state index is 13.6. The lowest BCUT2D eigenvalue weighted by Gasteiger charge is -2.17. The molecule has 2 N–H and O–H groups in total. The molecule has 4 nitrogen and oxygen atoms in total. The van der Waals surface area contributed by atoms with Crippen LogP contribution in [0.5, 0.6) is 5.75 Å². The molecular formula is C14H20FNO3. The Morgan fingerprint density at radius 2 is 2.16 bits per heavy atom. The van der Waals surface area contributed by atoms with Crippen LogP contribution in [-0.2, 0) is 16.1 Å². The van der Waals surface area contributed by atoms with Crippen molar-refractivity contribution in [1.29, 1.82) is 0 Å². The maximum atomic E-state index is 13.6. The van der Waals surface area contributed by atoms with E-state index in [4.69, 9.17) is 15.2 Å².